The second-order valence-electron chi connectivity index (χ2n) is 6.03. The smallest absolute Gasteiger partial charge is 0.496 e. The van der Waals surface area contributed by atoms with Crippen LogP contribution in [0, 0.1) is 6.92 Å². The molecule has 148 valence electrons. The molecule has 0 bridgehead atoms. The van der Waals surface area contributed by atoms with Crippen LogP contribution < -0.4 is 9.47 Å². The van der Waals surface area contributed by atoms with Crippen LogP contribution in [0.5, 0.6) is 11.5 Å². The molecule has 11 heteroatoms. The van der Waals surface area contributed by atoms with Crippen LogP contribution in [0.1, 0.15) is 16.8 Å². The lowest BCUT2D eigenvalue weighted by molar-refractivity contribution is -0.461. The minimum absolute atomic E-state index is 0.212. The predicted molar refractivity (Wildman–Crippen MR) is 91.7 cm³/mol. The van der Waals surface area contributed by atoms with Crippen LogP contribution in [0.15, 0.2) is 29.6 Å². The summed E-state index contributed by atoms with van der Waals surface area (Å²) in [5.74, 6) is 0.453. The first-order valence-corrected chi connectivity index (χ1v) is 8.97. The number of benzene rings is 1. The summed E-state index contributed by atoms with van der Waals surface area (Å²) in [6, 6.07) is 3.81. The van der Waals surface area contributed by atoms with Crippen LogP contribution in [0.2, 0.25) is 0 Å². The zero-order valence-electron chi connectivity index (χ0n) is 14.6. The summed E-state index contributed by atoms with van der Waals surface area (Å²) in [6.07, 6.45) is -6.93. The number of hydrogen-bond acceptors (Lipinski definition) is 6. The summed E-state index contributed by atoms with van der Waals surface area (Å²) in [4.78, 5) is 11.4. The van der Waals surface area contributed by atoms with Gasteiger partial charge in [0.15, 0.2) is 5.16 Å². The lowest BCUT2D eigenvalue weighted by Crippen LogP contribution is -2.41. The zero-order valence-corrected chi connectivity index (χ0v) is 15.4. The van der Waals surface area contributed by atoms with Crippen LogP contribution in [0.4, 0.5) is 17.6 Å². The van der Waals surface area contributed by atoms with E-state index in [2.05, 4.69) is 24.4 Å². The minimum Gasteiger partial charge on any atom is -0.496 e. The van der Waals surface area contributed by atoms with Crippen LogP contribution in [-0.4, -0.2) is 28.4 Å². The molecule has 4 rings (SSSR count). The van der Waals surface area contributed by atoms with E-state index in [1.54, 1.807) is 19.4 Å². The van der Waals surface area contributed by atoms with Crippen LogP contribution in [0.3, 0.4) is 0 Å². The molecule has 3 heterocycles. The van der Waals surface area contributed by atoms with E-state index < -0.39 is 23.7 Å². The first kappa shape index (κ1) is 18.8. The quantitative estimate of drug-likeness (QED) is 0.497. The Kier molecular flexibility index (Phi) is 4.38. The van der Waals surface area contributed by atoms with Crippen LogP contribution in [-0.2, 0) is 16.6 Å². The van der Waals surface area contributed by atoms with Gasteiger partial charge in [-0.15, -0.1) is 8.78 Å². The number of halogens is 4. The zero-order chi connectivity index (χ0) is 20.1. The molecule has 0 saturated heterocycles. The molecular weight excluding hydrogens is 402 g/mol. The molecule has 28 heavy (non-hydrogen) atoms. The summed E-state index contributed by atoms with van der Waals surface area (Å²) in [5.41, 5.74) is 1.29. The molecule has 3 aromatic rings. The molecule has 0 saturated carbocycles. The van der Waals surface area contributed by atoms with Gasteiger partial charge in [-0.05, 0) is 13.0 Å². The minimum atomic E-state index is -4.42. The third-order valence-electron chi connectivity index (χ3n) is 4.04. The van der Waals surface area contributed by atoms with E-state index >= 15 is 0 Å². The maximum Gasteiger partial charge on any atom is 0.540 e. The number of rotatable bonds is 4. The van der Waals surface area contributed by atoms with Gasteiger partial charge in [0.25, 0.3) is 0 Å². The van der Waals surface area contributed by atoms with Gasteiger partial charge in [-0.25, -0.2) is 9.72 Å². The molecule has 0 radical (unpaired) electrons. The Balaban J connectivity index is 1.60. The average Bonchev–Trinajstić information content (AvgIpc) is 3.00. The van der Waals surface area contributed by atoms with E-state index in [9.17, 15) is 17.6 Å². The molecule has 0 atom stereocenters. The average molecular weight is 415 g/mol. The normalized spacial score (nSPS) is 17.2. The number of nitrogens with zero attached hydrogens (tertiary/aromatic N) is 2. The van der Waals surface area contributed by atoms with E-state index in [0.29, 0.717) is 16.7 Å². The molecular formula is C17H13F4N3O3S. The highest BCUT2D eigenvalue weighted by atomic mass is 32.2. The van der Waals surface area contributed by atoms with E-state index in [4.69, 9.17) is 4.74 Å². The number of methoxy groups -OCH3 is 1. The van der Waals surface area contributed by atoms with Gasteiger partial charge in [-0.3, -0.25) is 4.98 Å². The van der Waals surface area contributed by atoms with E-state index in [1.165, 1.54) is 11.8 Å². The molecule has 1 aromatic carbocycles. The standard InChI is InChI=1S/C17H13F4N3O3S/c1-8-6-22-9(3-13(8)25-2)7-28-15-23-11-4-10-14(5-12(11)24-15)26-17(20,21)27-16(10,18)19/h3-6H,7H2,1-2H3,(H,23,24). The van der Waals surface area contributed by atoms with Gasteiger partial charge in [-0.1, -0.05) is 11.8 Å². The van der Waals surface area contributed by atoms with Crippen molar-refractivity contribution in [3.63, 3.8) is 0 Å². The number of aryl methyl sites for hydroxylation is 1. The Bertz CT molecular complexity index is 1060. The monoisotopic (exact) mass is 415 g/mol. The summed E-state index contributed by atoms with van der Waals surface area (Å²) >= 11 is 1.27. The van der Waals surface area contributed by atoms with Crippen LogP contribution in [0.25, 0.3) is 11.0 Å². The Morgan fingerprint density at radius 3 is 2.75 bits per heavy atom. The fourth-order valence-electron chi connectivity index (χ4n) is 2.73. The Hall–Kier alpha value is -2.53. The van der Waals surface area contributed by atoms with Crippen molar-refractivity contribution in [3.8, 4) is 11.5 Å². The predicted octanol–water partition coefficient (Wildman–Crippen LogP) is 4.58. The number of alkyl halides is 4. The van der Waals surface area contributed by atoms with Gasteiger partial charge in [0.05, 0.1) is 29.4 Å². The number of aromatic amines is 1. The Morgan fingerprint density at radius 1 is 1.21 bits per heavy atom. The SMILES string of the molecule is COc1cc(CSc2nc3cc4c(cc3[nH]2)C(F)(F)OC(F)(F)O4)ncc1C. The fraction of sp³-hybridized carbons (Fsp3) is 0.294. The number of pyridine rings is 1. The highest BCUT2D eigenvalue weighted by molar-refractivity contribution is 7.98. The number of imidazole rings is 1. The summed E-state index contributed by atoms with van der Waals surface area (Å²) < 4.78 is 67.0. The first-order chi connectivity index (χ1) is 13.2. The summed E-state index contributed by atoms with van der Waals surface area (Å²) in [7, 11) is 1.56. The number of nitrogens with one attached hydrogen (secondary N) is 1. The van der Waals surface area contributed by atoms with Gasteiger partial charge in [0, 0.05) is 29.6 Å². The molecule has 1 aliphatic heterocycles. The number of aromatic nitrogens is 3. The van der Waals surface area contributed by atoms with Crippen LogP contribution >= 0.6 is 11.8 Å². The number of fused-ring (bicyclic) bond motifs is 2. The van der Waals surface area contributed by atoms with Gasteiger partial charge >= 0.3 is 12.4 Å². The van der Waals surface area contributed by atoms with Crippen molar-refractivity contribution in [1.82, 2.24) is 15.0 Å². The van der Waals surface area contributed by atoms with Crippen molar-refractivity contribution in [2.24, 2.45) is 0 Å². The van der Waals surface area contributed by atoms with E-state index in [-0.39, 0.29) is 11.0 Å². The molecule has 2 aromatic heterocycles. The third-order valence-corrected chi connectivity index (χ3v) is 4.94. The van der Waals surface area contributed by atoms with Crippen molar-refractivity contribution in [2.45, 2.75) is 30.2 Å². The molecule has 6 nitrogen and oxygen atoms in total. The maximum atomic E-state index is 13.9. The third kappa shape index (κ3) is 3.47. The van der Waals surface area contributed by atoms with Crippen molar-refractivity contribution in [3.05, 3.63) is 41.2 Å². The second-order valence-corrected chi connectivity index (χ2v) is 6.99. The molecule has 0 unspecified atom stereocenters. The van der Waals surface area contributed by atoms with Crippen molar-refractivity contribution in [2.75, 3.05) is 7.11 Å². The Morgan fingerprint density at radius 2 is 2.00 bits per heavy atom. The molecule has 1 N–H and O–H groups in total. The number of hydrogen-bond donors (Lipinski definition) is 1. The van der Waals surface area contributed by atoms with Gasteiger partial charge in [-0.2, -0.15) is 8.78 Å². The molecule has 1 aliphatic rings. The fourth-order valence-corrected chi connectivity index (χ4v) is 3.52. The molecule has 0 aliphatic carbocycles. The molecule has 0 spiro atoms. The number of thioether (sulfide) groups is 1. The van der Waals surface area contributed by atoms with Crippen molar-refractivity contribution < 1.29 is 31.8 Å². The van der Waals surface area contributed by atoms with E-state index in [1.807, 2.05) is 6.92 Å². The lowest BCUT2D eigenvalue weighted by Gasteiger charge is -2.30. The van der Waals surface area contributed by atoms with Crippen molar-refractivity contribution in [1.29, 1.82) is 0 Å². The van der Waals surface area contributed by atoms with Crippen molar-refractivity contribution >= 4 is 22.8 Å². The number of ether oxygens (including phenoxy) is 3. The van der Waals surface area contributed by atoms with Gasteiger partial charge in [0.1, 0.15) is 11.5 Å². The first-order valence-electron chi connectivity index (χ1n) is 7.98. The van der Waals surface area contributed by atoms with Gasteiger partial charge in [0.2, 0.25) is 0 Å². The van der Waals surface area contributed by atoms with Gasteiger partial charge < -0.3 is 14.5 Å². The highest BCUT2D eigenvalue weighted by Gasteiger charge is 2.54. The molecule has 0 fully saturated rings. The topological polar surface area (TPSA) is 69.3 Å². The summed E-state index contributed by atoms with van der Waals surface area (Å²) in [6.45, 7) is 1.87. The Labute approximate surface area is 160 Å². The molecule has 0 amide bonds. The van der Waals surface area contributed by atoms with E-state index in [0.717, 1.165) is 23.4 Å². The largest absolute Gasteiger partial charge is 0.540 e. The second kappa shape index (κ2) is 6.52. The maximum absolute atomic E-state index is 13.9. The lowest BCUT2D eigenvalue weighted by atomic mass is 10.1. The summed E-state index contributed by atoms with van der Waals surface area (Å²) in [5, 5.41) is 0.412. The number of H-pyrrole nitrogens is 1. The highest BCUT2D eigenvalue weighted by Crippen LogP contribution is 2.47.